The lowest BCUT2D eigenvalue weighted by Crippen LogP contribution is -2.47. The van der Waals surface area contributed by atoms with Gasteiger partial charge in [0, 0.05) is 32.2 Å². The second-order valence-corrected chi connectivity index (χ2v) is 8.47. The molecule has 0 amide bonds. The van der Waals surface area contributed by atoms with E-state index in [0.29, 0.717) is 12.1 Å². The average molecular weight is 402 g/mol. The minimum Gasteiger partial charge on any atom is -0.294 e. The zero-order valence-corrected chi connectivity index (χ0v) is 17.3. The van der Waals surface area contributed by atoms with E-state index >= 15 is 0 Å². The number of hydrogen-bond acceptors (Lipinski definition) is 3. The Bertz CT molecular complexity index is 929. The van der Waals surface area contributed by atoms with E-state index in [2.05, 4.69) is 75.4 Å². The summed E-state index contributed by atoms with van der Waals surface area (Å²) in [4.78, 5) is 9.55. The van der Waals surface area contributed by atoms with Crippen molar-refractivity contribution in [1.82, 2.24) is 14.8 Å². The number of aromatic nitrogens is 1. The van der Waals surface area contributed by atoms with Gasteiger partial charge in [0.15, 0.2) is 0 Å². The lowest BCUT2D eigenvalue weighted by molar-refractivity contribution is 0.0831. The Balaban J connectivity index is 1.29. The van der Waals surface area contributed by atoms with Crippen LogP contribution >= 0.6 is 0 Å². The van der Waals surface area contributed by atoms with E-state index < -0.39 is 0 Å². The highest BCUT2D eigenvalue weighted by atomic mass is 19.1. The van der Waals surface area contributed by atoms with Gasteiger partial charge in [0.05, 0.1) is 17.9 Å². The van der Waals surface area contributed by atoms with E-state index in [1.165, 1.54) is 17.3 Å². The molecule has 1 saturated heterocycles. The molecule has 2 aliphatic heterocycles. The molecule has 1 aromatic heterocycles. The van der Waals surface area contributed by atoms with Crippen molar-refractivity contribution < 1.29 is 4.39 Å². The maximum absolute atomic E-state index is 13.5. The summed E-state index contributed by atoms with van der Waals surface area (Å²) < 4.78 is 13.5. The molecule has 5 rings (SSSR count). The molecule has 0 atom stereocenters. The van der Waals surface area contributed by atoms with Crippen molar-refractivity contribution in [3.05, 3.63) is 101 Å². The summed E-state index contributed by atoms with van der Waals surface area (Å²) in [5.74, 6) is -0.219. The van der Waals surface area contributed by atoms with Crippen molar-refractivity contribution in [1.29, 1.82) is 0 Å². The fourth-order valence-corrected chi connectivity index (χ4v) is 5.11. The number of hydrogen-bond donors (Lipinski definition) is 0. The first-order chi connectivity index (χ1) is 14.8. The third-order valence-corrected chi connectivity index (χ3v) is 6.66. The summed E-state index contributed by atoms with van der Waals surface area (Å²) in [6, 6.07) is 24.3. The van der Waals surface area contributed by atoms with Crippen LogP contribution in [0.5, 0.6) is 0 Å². The molecule has 3 heterocycles. The number of rotatable bonds is 4. The van der Waals surface area contributed by atoms with Crippen LogP contribution in [0.4, 0.5) is 4.39 Å². The highest BCUT2D eigenvalue weighted by molar-refractivity contribution is 5.32. The van der Waals surface area contributed by atoms with Crippen LogP contribution in [0.2, 0.25) is 0 Å². The van der Waals surface area contributed by atoms with Gasteiger partial charge in [0.25, 0.3) is 0 Å². The maximum atomic E-state index is 13.5. The second kappa shape index (κ2) is 8.66. The summed E-state index contributed by atoms with van der Waals surface area (Å²) in [7, 11) is 0. The molecule has 0 aliphatic carbocycles. The predicted molar refractivity (Wildman–Crippen MR) is 118 cm³/mol. The Morgan fingerprint density at radius 1 is 0.867 bits per heavy atom. The van der Waals surface area contributed by atoms with E-state index in [-0.39, 0.29) is 5.82 Å². The minimum atomic E-state index is -0.219. The Morgan fingerprint density at radius 3 is 2.13 bits per heavy atom. The van der Waals surface area contributed by atoms with E-state index in [1.807, 2.05) is 0 Å². The molecule has 30 heavy (non-hydrogen) atoms. The van der Waals surface area contributed by atoms with Crippen LogP contribution in [0.25, 0.3) is 0 Å². The molecule has 2 aliphatic rings. The molecule has 1 fully saturated rings. The molecule has 0 radical (unpaired) electrons. The third-order valence-electron chi connectivity index (χ3n) is 6.66. The van der Waals surface area contributed by atoms with Crippen LogP contribution in [0.1, 0.15) is 41.3 Å². The Kier molecular flexibility index (Phi) is 5.60. The number of nitrogens with zero attached hydrogens (tertiary/aromatic N) is 3. The molecule has 0 unspecified atom stereocenters. The Morgan fingerprint density at radius 2 is 1.50 bits per heavy atom. The van der Waals surface area contributed by atoms with Crippen LogP contribution in [0, 0.1) is 5.82 Å². The van der Waals surface area contributed by atoms with E-state index in [0.717, 1.165) is 56.7 Å². The molecule has 0 N–H and O–H groups in total. The first-order valence-corrected chi connectivity index (χ1v) is 11.0. The number of pyridine rings is 1. The van der Waals surface area contributed by atoms with Crippen molar-refractivity contribution in [3.8, 4) is 0 Å². The molecule has 0 bridgehead atoms. The SMILES string of the molecule is Fc1cnc2c(c1)CCN(C1CCN(C(c3ccccc3)c3ccccc3)CC1)C2. The standard InChI is InChI=1S/C26H28FN3/c27-23-17-22-11-14-30(19-25(22)28-18-23)24-12-15-29(16-13-24)26(20-7-3-1-4-8-20)21-9-5-2-6-10-21/h1-10,17-18,24,26H,11-16,19H2. The molecule has 3 aromatic rings. The Hall–Kier alpha value is -2.56. The number of likely N-dealkylation sites (tertiary alicyclic amines) is 1. The summed E-state index contributed by atoms with van der Waals surface area (Å²) >= 11 is 0. The Labute approximate surface area is 178 Å². The normalized spacial score (nSPS) is 18.5. The zero-order chi connectivity index (χ0) is 20.3. The molecule has 3 nitrogen and oxygen atoms in total. The lowest BCUT2D eigenvalue weighted by Gasteiger charge is -2.43. The van der Waals surface area contributed by atoms with Crippen LogP contribution in [-0.4, -0.2) is 40.5 Å². The van der Waals surface area contributed by atoms with Crippen molar-refractivity contribution in [2.75, 3.05) is 19.6 Å². The van der Waals surface area contributed by atoms with Gasteiger partial charge in [-0.3, -0.25) is 14.8 Å². The third kappa shape index (κ3) is 4.03. The number of benzene rings is 2. The maximum Gasteiger partial charge on any atom is 0.141 e. The smallest absolute Gasteiger partial charge is 0.141 e. The summed E-state index contributed by atoms with van der Waals surface area (Å²) in [5.41, 5.74) is 4.86. The van der Waals surface area contributed by atoms with Crippen LogP contribution in [-0.2, 0) is 13.0 Å². The highest BCUT2D eigenvalue weighted by Gasteiger charge is 2.31. The number of halogens is 1. The van der Waals surface area contributed by atoms with Crippen molar-refractivity contribution in [2.45, 2.75) is 37.9 Å². The van der Waals surface area contributed by atoms with Crippen molar-refractivity contribution in [2.24, 2.45) is 0 Å². The van der Waals surface area contributed by atoms with Gasteiger partial charge in [-0.1, -0.05) is 60.7 Å². The monoisotopic (exact) mass is 401 g/mol. The zero-order valence-electron chi connectivity index (χ0n) is 17.3. The quantitative estimate of drug-likeness (QED) is 0.624. The second-order valence-electron chi connectivity index (χ2n) is 8.47. The van der Waals surface area contributed by atoms with Gasteiger partial charge < -0.3 is 0 Å². The van der Waals surface area contributed by atoms with Gasteiger partial charge in [-0.2, -0.15) is 0 Å². The molecular formula is C26H28FN3. The van der Waals surface area contributed by atoms with Gasteiger partial charge in [-0.15, -0.1) is 0 Å². The molecule has 4 heteroatoms. The fourth-order valence-electron chi connectivity index (χ4n) is 5.11. The number of fused-ring (bicyclic) bond motifs is 1. The van der Waals surface area contributed by atoms with E-state index in [4.69, 9.17) is 0 Å². The topological polar surface area (TPSA) is 19.4 Å². The largest absolute Gasteiger partial charge is 0.294 e. The summed E-state index contributed by atoms with van der Waals surface area (Å²) in [6.45, 7) is 4.02. The average Bonchev–Trinajstić information content (AvgIpc) is 2.81. The van der Waals surface area contributed by atoms with Crippen molar-refractivity contribution >= 4 is 0 Å². The lowest BCUT2D eigenvalue weighted by atomic mass is 9.92. The molecule has 154 valence electrons. The van der Waals surface area contributed by atoms with Crippen molar-refractivity contribution in [3.63, 3.8) is 0 Å². The van der Waals surface area contributed by atoms with Gasteiger partial charge in [-0.25, -0.2) is 4.39 Å². The molecule has 0 saturated carbocycles. The van der Waals surface area contributed by atoms with E-state index in [1.54, 1.807) is 6.07 Å². The van der Waals surface area contributed by atoms with Gasteiger partial charge >= 0.3 is 0 Å². The summed E-state index contributed by atoms with van der Waals surface area (Å²) in [6.07, 6.45) is 4.58. The molecule has 2 aromatic carbocycles. The van der Waals surface area contributed by atoms with Gasteiger partial charge in [-0.05, 0) is 42.0 Å². The van der Waals surface area contributed by atoms with E-state index in [9.17, 15) is 4.39 Å². The number of piperidine rings is 1. The molecule has 0 spiro atoms. The first-order valence-electron chi connectivity index (χ1n) is 11.0. The highest BCUT2D eigenvalue weighted by Crippen LogP contribution is 2.33. The first kappa shape index (κ1) is 19.4. The fraction of sp³-hybridized carbons (Fsp3) is 0.346. The minimum absolute atomic E-state index is 0.219. The van der Waals surface area contributed by atoms with Crippen LogP contribution < -0.4 is 0 Å². The van der Waals surface area contributed by atoms with Crippen LogP contribution in [0.3, 0.4) is 0 Å². The summed E-state index contributed by atoms with van der Waals surface area (Å²) in [5, 5.41) is 0. The molecular weight excluding hydrogens is 373 g/mol. The van der Waals surface area contributed by atoms with Crippen LogP contribution in [0.15, 0.2) is 72.9 Å². The van der Waals surface area contributed by atoms with Gasteiger partial charge in [0.1, 0.15) is 5.82 Å². The predicted octanol–water partition coefficient (Wildman–Crippen LogP) is 4.83. The van der Waals surface area contributed by atoms with Gasteiger partial charge in [0.2, 0.25) is 0 Å².